The van der Waals surface area contributed by atoms with Gasteiger partial charge in [0.2, 0.25) is 5.91 Å². The number of unbranched alkanes of at least 4 members (excludes halogenated alkanes) is 1. The number of aromatic nitrogens is 1. The van der Waals surface area contributed by atoms with Gasteiger partial charge in [-0.2, -0.15) is 0 Å². The zero-order chi connectivity index (χ0) is 33.7. The van der Waals surface area contributed by atoms with Crippen LogP contribution in [0.25, 0.3) is 21.9 Å². The van der Waals surface area contributed by atoms with Gasteiger partial charge in [0.15, 0.2) is 12.4 Å². The van der Waals surface area contributed by atoms with E-state index < -0.39 is 0 Å². The van der Waals surface area contributed by atoms with Gasteiger partial charge in [0.1, 0.15) is 17.7 Å². The fraction of sp³-hybridized carbons (Fsp3) is 0.310. The minimum atomic E-state index is -0.355. The first-order valence-corrected chi connectivity index (χ1v) is 17.3. The number of hydrogen-bond donors (Lipinski definition) is 1. The van der Waals surface area contributed by atoms with Gasteiger partial charge < -0.3 is 14.2 Å². The lowest BCUT2D eigenvalue weighted by molar-refractivity contribution is -0.697. The van der Waals surface area contributed by atoms with Gasteiger partial charge in [-0.15, -0.1) is 0 Å². The van der Waals surface area contributed by atoms with Gasteiger partial charge in [0.05, 0.1) is 12.0 Å². The fourth-order valence-corrected chi connectivity index (χ4v) is 5.32. The molecule has 3 heterocycles. The van der Waals surface area contributed by atoms with Crippen molar-refractivity contribution in [3.8, 4) is 0 Å². The number of allylic oxidation sites excluding steroid dienone is 12. The van der Waals surface area contributed by atoms with E-state index in [1.54, 1.807) is 12.3 Å². The predicted molar refractivity (Wildman–Crippen MR) is 198 cm³/mol. The average Bonchev–Trinajstić information content (AvgIpc) is 3.56. The molecule has 0 atom stereocenters. The summed E-state index contributed by atoms with van der Waals surface area (Å²) in [6, 6.07) is 11.0. The zero-order valence-corrected chi connectivity index (χ0v) is 28.2. The molecule has 0 saturated heterocycles. The standard InChI is InChI=1S/C42H48N2O4/c1-2-3-4-5-6-7-8-9-10-11-12-13-14-15-16-17-18-19-20-24-39(45)43-37-27-31-44(32-28-37)30-22-21-23-38-41-36(29-33-47-41)34-35-25-26-40(46)48-42(35)38/h3-4,6-7,9-10,12-13,15-16,18-19,25-29,31-34H,2,5,8,11,14,17,20-24,30H2,1H3/p+1. The van der Waals surface area contributed by atoms with E-state index in [1.165, 1.54) is 6.07 Å². The van der Waals surface area contributed by atoms with Crippen molar-refractivity contribution in [1.82, 2.24) is 0 Å². The van der Waals surface area contributed by atoms with E-state index in [0.717, 1.165) is 91.9 Å². The number of hydrogen-bond acceptors (Lipinski definition) is 4. The van der Waals surface area contributed by atoms with Gasteiger partial charge >= 0.3 is 5.63 Å². The van der Waals surface area contributed by atoms with Gasteiger partial charge in [-0.05, 0) is 76.0 Å². The SMILES string of the molecule is CCC=CCC=CCC=CCC=CCC=CCC=CCCC(=O)Nc1cc[n+](CCCCc2c3occc3cc3ccc(=O)oc23)cc1. The van der Waals surface area contributed by atoms with Crippen LogP contribution >= 0.6 is 0 Å². The van der Waals surface area contributed by atoms with Crippen molar-refractivity contribution in [2.75, 3.05) is 5.32 Å². The Balaban J connectivity index is 1.06. The molecule has 0 unspecified atom stereocenters. The molecule has 0 saturated carbocycles. The molecule has 1 aromatic carbocycles. The van der Waals surface area contributed by atoms with Gasteiger partial charge in [-0.25, -0.2) is 9.36 Å². The number of carbonyl (C=O) groups is 1. The molecule has 0 aliphatic carbocycles. The number of aryl methyl sites for hydroxylation is 2. The van der Waals surface area contributed by atoms with Gasteiger partial charge in [0.25, 0.3) is 0 Å². The Morgan fingerprint density at radius 3 is 1.98 bits per heavy atom. The number of amides is 1. The first-order valence-electron chi connectivity index (χ1n) is 17.3. The first-order chi connectivity index (χ1) is 23.6. The maximum atomic E-state index is 12.4. The monoisotopic (exact) mass is 645 g/mol. The Labute approximate surface area is 284 Å². The Bertz CT molecular complexity index is 1800. The summed E-state index contributed by atoms with van der Waals surface area (Å²) in [5, 5.41) is 4.90. The summed E-state index contributed by atoms with van der Waals surface area (Å²) < 4.78 is 13.4. The molecule has 4 rings (SSSR count). The van der Waals surface area contributed by atoms with Crippen LogP contribution in [0.2, 0.25) is 0 Å². The third kappa shape index (κ3) is 12.7. The number of nitrogens with zero attached hydrogens (tertiary/aromatic N) is 1. The molecule has 0 aliphatic rings. The van der Waals surface area contributed by atoms with Crippen LogP contribution in [0.1, 0.15) is 76.7 Å². The molecule has 6 nitrogen and oxygen atoms in total. The largest absolute Gasteiger partial charge is 0.464 e. The van der Waals surface area contributed by atoms with E-state index in [9.17, 15) is 9.59 Å². The molecule has 4 aromatic rings. The molecular formula is C42H49N2O4+. The maximum absolute atomic E-state index is 12.4. The Morgan fingerprint density at radius 2 is 1.33 bits per heavy atom. The molecule has 3 aromatic heterocycles. The second kappa shape index (κ2) is 21.0. The Kier molecular flexibility index (Phi) is 15.7. The summed E-state index contributed by atoms with van der Waals surface area (Å²) in [6.45, 7) is 2.99. The van der Waals surface area contributed by atoms with Gasteiger partial charge in [-0.3, -0.25) is 4.79 Å². The van der Waals surface area contributed by atoms with Crippen LogP contribution in [-0.4, -0.2) is 5.91 Å². The van der Waals surface area contributed by atoms with E-state index in [4.69, 9.17) is 8.83 Å². The molecule has 6 heteroatoms. The number of benzene rings is 1. The number of nitrogens with one attached hydrogen (secondary N) is 1. The van der Waals surface area contributed by atoms with Crippen molar-refractivity contribution >= 4 is 33.5 Å². The third-order valence-corrected chi connectivity index (χ3v) is 7.82. The highest BCUT2D eigenvalue weighted by Crippen LogP contribution is 2.29. The molecular weight excluding hydrogens is 596 g/mol. The lowest BCUT2D eigenvalue weighted by Gasteiger charge is -2.06. The second-order valence-electron chi connectivity index (χ2n) is 11.7. The summed E-state index contributed by atoms with van der Waals surface area (Å²) in [7, 11) is 0. The van der Waals surface area contributed by atoms with Crippen LogP contribution in [0.5, 0.6) is 0 Å². The van der Waals surface area contributed by atoms with Crippen molar-refractivity contribution in [3.05, 3.63) is 144 Å². The molecule has 250 valence electrons. The second-order valence-corrected chi connectivity index (χ2v) is 11.7. The van der Waals surface area contributed by atoms with E-state index in [0.29, 0.717) is 18.4 Å². The zero-order valence-electron chi connectivity index (χ0n) is 28.2. The average molecular weight is 646 g/mol. The smallest absolute Gasteiger partial charge is 0.336 e. The van der Waals surface area contributed by atoms with Crippen molar-refractivity contribution < 1.29 is 18.2 Å². The quantitative estimate of drug-likeness (QED) is 0.0449. The van der Waals surface area contributed by atoms with Crippen LogP contribution in [0.4, 0.5) is 5.69 Å². The minimum absolute atomic E-state index is 0.0123. The van der Waals surface area contributed by atoms with E-state index in [1.807, 2.05) is 36.7 Å². The molecule has 1 amide bonds. The number of carbonyl (C=O) groups excluding carboxylic acids is 1. The van der Waals surface area contributed by atoms with Gasteiger partial charge in [0, 0.05) is 47.4 Å². The highest BCUT2D eigenvalue weighted by Gasteiger charge is 2.13. The van der Waals surface area contributed by atoms with E-state index in [2.05, 4.69) is 89.7 Å². The van der Waals surface area contributed by atoms with E-state index in [-0.39, 0.29) is 11.5 Å². The van der Waals surface area contributed by atoms with Crippen LogP contribution < -0.4 is 15.5 Å². The van der Waals surface area contributed by atoms with Crippen molar-refractivity contribution in [2.45, 2.75) is 84.1 Å². The van der Waals surface area contributed by atoms with Crippen LogP contribution in [0, 0.1) is 0 Å². The topological polar surface area (TPSA) is 76.3 Å². The molecule has 0 aliphatic heterocycles. The Morgan fingerprint density at radius 1 is 0.729 bits per heavy atom. The lowest BCUT2D eigenvalue weighted by Crippen LogP contribution is -2.32. The number of furan rings is 1. The van der Waals surface area contributed by atoms with Crippen LogP contribution in [0.3, 0.4) is 0 Å². The fourth-order valence-electron chi connectivity index (χ4n) is 5.32. The summed E-state index contributed by atoms with van der Waals surface area (Å²) in [5.74, 6) is 0.0123. The molecule has 1 N–H and O–H groups in total. The van der Waals surface area contributed by atoms with Crippen LogP contribution in [0.15, 0.2) is 142 Å². The summed E-state index contributed by atoms with van der Waals surface area (Å²) in [4.78, 5) is 24.3. The molecule has 0 fully saturated rings. The minimum Gasteiger partial charge on any atom is -0.464 e. The summed E-state index contributed by atoms with van der Waals surface area (Å²) >= 11 is 0. The lowest BCUT2D eigenvalue weighted by atomic mass is 10.0. The number of rotatable bonds is 20. The van der Waals surface area contributed by atoms with Gasteiger partial charge in [-0.1, -0.05) is 79.8 Å². The number of pyridine rings is 1. The first kappa shape index (κ1) is 35.9. The molecule has 0 spiro atoms. The number of anilines is 1. The summed E-state index contributed by atoms with van der Waals surface area (Å²) in [5.41, 5.74) is 2.78. The van der Waals surface area contributed by atoms with Crippen molar-refractivity contribution in [1.29, 1.82) is 0 Å². The Hall–Kier alpha value is -4.97. The number of fused-ring (bicyclic) bond motifs is 2. The van der Waals surface area contributed by atoms with E-state index >= 15 is 0 Å². The summed E-state index contributed by atoms with van der Waals surface area (Å²) in [6.07, 6.45) is 41.5. The van der Waals surface area contributed by atoms with Crippen LogP contribution in [-0.2, 0) is 17.8 Å². The third-order valence-electron chi connectivity index (χ3n) is 7.82. The van der Waals surface area contributed by atoms with Crippen molar-refractivity contribution in [2.24, 2.45) is 0 Å². The normalized spacial score (nSPS) is 12.5. The maximum Gasteiger partial charge on any atom is 0.336 e. The molecule has 0 radical (unpaired) electrons. The van der Waals surface area contributed by atoms with Crippen molar-refractivity contribution in [3.63, 3.8) is 0 Å². The molecule has 0 bridgehead atoms. The molecule has 48 heavy (non-hydrogen) atoms. The highest BCUT2D eigenvalue weighted by atomic mass is 16.4. The highest BCUT2D eigenvalue weighted by molar-refractivity contribution is 5.97. The predicted octanol–water partition coefficient (Wildman–Crippen LogP) is 10.3.